The fraction of sp³-hybridized carbons (Fsp3) is 0.500. The van der Waals surface area contributed by atoms with Crippen molar-refractivity contribution in [2.24, 2.45) is 5.92 Å². The van der Waals surface area contributed by atoms with Crippen molar-refractivity contribution >= 4 is 11.6 Å². The number of carbonyl (C=O) groups excluding carboxylic acids is 1. The Balaban J connectivity index is 2.15. The van der Waals surface area contributed by atoms with Gasteiger partial charge in [-0.15, -0.1) is 0 Å². The molecule has 2 N–H and O–H groups in total. The highest BCUT2D eigenvalue weighted by Gasteiger charge is 2.29. The van der Waals surface area contributed by atoms with Gasteiger partial charge in [0.25, 0.3) is 11.6 Å². The molecule has 0 spiro atoms. The standard InChI is InChI=1S/C14H18FN3O3/c1-8-5-6-16-9(2)13(8)17-14(19)11-4-3-10(18(20)21)7-12(11)15/h3-4,7-9,13,16H,5-6H2,1-2H3,(H,17,19). The predicted octanol–water partition coefficient (Wildman–Crippen LogP) is 1.85. The summed E-state index contributed by atoms with van der Waals surface area (Å²) in [5.74, 6) is -1.15. The maximum absolute atomic E-state index is 13.8. The van der Waals surface area contributed by atoms with Crippen molar-refractivity contribution in [3.05, 3.63) is 39.7 Å². The molecule has 1 aliphatic rings. The summed E-state index contributed by atoms with van der Waals surface area (Å²) in [6.07, 6.45) is 0.929. The van der Waals surface area contributed by atoms with Gasteiger partial charge in [0.05, 0.1) is 16.6 Å². The molecule has 1 saturated heterocycles. The number of carbonyl (C=O) groups is 1. The van der Waals surface area contributed by atoms with E-state index in [0.29, 0.717) is 0 Å². The molecule has 7 heteroatoms. The molecule has 1 aromatic rings. The van der Waals surface area contributed by atoms with Crippen LogP contribution in [0.2, 0.25) is 0 Å². The number of nitro groups is 1. The summed E-state index contributed by atoms with van der Waals surface area (Å²) in [6.45, 7) is 4.89. The molecule has 0 aromatic heterocycles. The fourth-order valence-electron chi connectivity index (χ4n) is 2.64. The number of rotatable bonds is 3. The van der Waals surface area contributed by atoms with Crippen molar-refractivity contribution in [2.45, 2.75) is 32.4 Å². The maximum atomic E-state index is 13.8. The molecular weight excluding hydrogens is 277 g/mol. The zero-order valence-corrected chi connectivity index (χ0v) is 11.9. The average molecular weight is 295 g/mol. The van der Waals surface area contributed by atoms with Crippen LogP contribution < -0.4 is 10.6 Å². The average Bonchev–Trinajstić information content (AvgIpc) is 2.42. The van der Waals surface area contributed by atoms with E-state index in [4.69, 9.17) is 0 Å². The van der Waals surface area contributed by atoms with Crippen LogP contribution in [0.15, 0.2) is 18.2 Å². The van der Waals surface area contributed by atoms with Crippen LogP contribution in [0.1, 0.15) is 30.6 Å². The largest absolute Gasteiger partial charge is 0.347 e. The minimum atomic E-state index is -0.884. The first-order valence-corrected chi connectivity index (χ1v) is 6.88. The molecule has 1 aliphatic heterocycles. The van der Waals surface area contributed by atoms with Crippen LogP contribution in [-0.2, 0) is 0 Å². The van der Waals surface area contributed by atoms with Gasteiger partial charge in [-0.2, -0.15) is 0 Å². The van der Waals surface area contributed by atoms with Gasteiger partial charge >= 0.3 is 0 Å². The first kappa shape index (κ1) is 15.4. The Morgan fingerprint density at radius 2 is 2.19 bits per heavy atom. The van der Waals surface area contributed by atoms with Crippen LogP contribution in [-0.4, -0.2) is 29.5 Å². The normalized spacial score (nSPS) is 25.4. The minimum absolute atomic E-state index is 0.0961. The molecule has 0 radical (unpaired) electrons. The summed E-state index contributed by atoms with van der Waals surface area (Å²) in [6, 6.07) is 3.04. The van der Waals surface area contributed by atoms with E-state index < -0.39 is 16.6 Å². The van der Waals surface area contributed by atoms with Gasteiger partial charge in [-0.1, -0.05) is 6.92 Å². The van der Waals surface area contributed by atoms with Crippen LogP contribution >= 0.6 is 0 Å². The number of nitro benzene ring substituents is 1. The molecule has 1 aromatic carbocycles. The Kier molecular flexibility index (Phi) is 4.52. The molecular formula is C14H18FN3O3. The van der Waals surface area contributed by atoms with Crippen LogP contribution in [0.5, 0.6) is 0 Å². The van der Waals surface area contributed by atoms with Gasteiger partial charge in [-0.3, -0.25) is 14.9 Å². The lowest BCUT2D eigenvalue weighted by Crippen LogP contribution is -2.56. The van der Waals surface area contributed by atoms with Crippen LogP contribution in [0.3, 0.4) is 0 Å². The van der Waals surface area contributed by atoms with Crippen molar-refractivity contribution in [1.29, 1.82) is 0 Å². The second-order valence-electron chi connectivity index (χ2n) is 5.43. The Hall–Kier alpha value is -2.02. The van der Waals surface area contributed by atoms with E-state index in [1.54, 1.807) is 0 Å². The summed E-state index contributed by atoms with van der Waals surface area (Å²) in [4.78, 5) is 22.0. The second-order valence-corrected chi connectivity index (χ2v) is 5.43. The third-order valence-corrected chi connectivity index (χ3v) is 3.92. The van der Waals surface area contributed by atoms with Gasteiger partial charge in [0, 0.05) is 18.2 Å². The monoisotopic (exact) mass is 295 g/mol. The number of benzene rings is 1. The quantitative estimate of drug-likeness (QED) is 0.658. The van der Waals surface area contributed by atoms with Crippen LogP contribution in [0.25, 0.3) is 0 Å². The molecule has 0 aliphatic carbocycles. The third kappa shape index (κ3) is 3.36. The maximum Gasteiger partial charge on any atom is 0.272 e. The van der Waals surface area contributed by atoms with Gasteiger partial charge in [0.15, 0.2) is 0 Å². The number of piperidine rings is 1. The molecule has 0 bridgehead atoms. The van der Waals surface area contributed by atoms with Gasteiger partial charge in [0.2, 0.25) is 0 Å². The molecule has 1 fully saturated rings. The number of nitrogens with zero attached hydrogens (tertiary/aromatic N) is 1. The Labute approximate surface area is 121 Å². The molecule has 0 saturated carbocycles. The summed E-state index contributed by atoms with van der Waals surface area (Å²) in [7, 11) is 0. The number of hydrogen-bond donors (Lipinski definition) is 2. The van der Waals surface area contributed by atoms with E-state index in [1.807, 2.05) is 13.8 Å². The highest BCUT2D eigenvalue weighted by atomic mass is 19.1. The molecule has 3 unspecified atom stereocenters. The van der Waals surface area contributed by atoms with E-state index in [1.165, 1.54) is 0 Å². The SMILES string of the molecule is CC1CCNC(C)C1NC(=O)c1ccc([N+](=O)[O-])cc1F. The first-order chi connectivity index (χ1) is 9.90. The predicted molar refractivity (Wildman–Crippen MR) is 75.6 cm³/mol. The fourth-order valence-corrected chi connectivity index (χ4v) is 2.64. The third-order valence-electron chi connectivity index (χ3n) is 3.92. The van der Waals surface area contributed by atoms with Gasteiger partial charge < -0.3 is 10.6 Å². The molecule has 1 amide bonds. The molecule has 21 heavy (non-hydrogen) atoms. The highest BCUT2D eigenvalue weighted by Crippen LogP contribution is 2.19. The first-order valence-electron chi connectivity index (χ1n) is 6.88. The number of nitrogens with one attached hydrogen (secondary N) is 2. The lowest BCUT2D eigenvalue weighted by Gasteiger charge is -2.36. The highest BCUT2D eigenvalue weighted by molar-refractivity contribution is 5.95. The van der Waals surface area contributed by atoms with E-state index in [9.17, 15) is 19.3 Å². The topological polar surface area (TPSA) is 84.3 Å². The Bertz CT molecular complexity index is 554. The number of halogens is 1. The summed E-state index contributed by atoms with van der Waals surface area (Å²) in [5, 5.41) is 16.6. The lowest BCUT2D eigenvalue weighted by atomic mass is 9.89. The van der Waals surface area contributed by atoms with Crippen molar-refractivity contribution in [1.82, 2.24) is 10.6 Å². The lowest BCUT2D eigenvalue weighted by molar-refractivity contribution is -0.385. The van der Waals surface area contributed by atoms with Crippen LogP contribution in [0, 0.1) is 21.8 Å². The second kappa shape index (κ2) is 6.17. The zero-order valence-electron chi connectivity index (χ0n) is 11.9. The van der Waals surface area contributed by atoms with Gasteiger partial charge in [-0.05, 0) is 31.9 Å². The molecule has 3 atom stereocenters. The van der Waals surface area contributed by atoms with Crippen molar-refractivity contribution in [3.8, 4) is 0 Å². The van der Waals surface area contributed by atoms with E-state index in [2.05, 4.69) is 10.6 Å². The number of non-ortho nitro benzene ring substituents is 1. The van der Waals surface area contributed by atoms with Crippen molar-refractivity contribution in [2.75, 3.05) is 6.54 Å². The molecule has 6 nitrogen and oxygen atoms in total. The van der Waals surface area contributed by atoms with E-state index >= 15 is 0 Å². The van der Waals surface area contributed by atoms with Crippen LogP contribution in [0.4, 0.5) is 10.1 Å². The summed E-state index contributed by atoms with van der Waals surface area (Å²) >= 11 is 0. The molecule has 114 valence electrons. The van der Waals surface area contributed by atoms with Crippen molar-refractivity contribution in [3.63, 3.8) is 0 Å². The molecule has 2 rings (SSSR count). The van der Waals surface area contributed by atoms with Gasteiger partial charge in [-0.25, -0.2) is 4.39 Å². The number of amides is 1. The minimum Gasteiger partial charge on any atom is -0.347 e. The summed E-state index contributed by atoms with van der Waals surface area (Å²) < 4.78 is 13.8. The van der Waals surface area contributed by atoms with E-state index in [-0.39, 0.29) is 29.3 Å². The zero-order chi connectivity index (χ0) is 15.6. The number of hydrogen-bond acceptors (Lipinski definition) is 4. The van der Waals surface area contributed by atoms with E-state index in [0.717, 1.165) is 31.2 Å². The van der Waals surface area contributed by atoms with Gasteiger partial charge in [0.1, 0.15) is 5.82 Å². The Morgan fingerprint density at radius 1 is 1.48 bits per heavy atom. The summed E-state index contributed by atoms with van der Waals surface area (Å²) in [5.41, 5.74) is -0.546. The Morgan fingerprint density at radius 3 is 2.76 bits per heavy atom. The van der Waals surface area contributed by atoms with Crippen molar-refractivity contribution < 1.29 is 14.1 Å². The smallest absolute Gasteiger partial charge is 0.272 e. The molecule has 1 heterocycles.